The Kier molecular flexibility index (Phi) is 3.22. The molecule has 0 spiro atoms. The minimum Gasteiger partial charge on any atom is -0.325 e. The molecular weight excluding hydrogens is 360 g/mol. The molecule has 0 aromatic carbocycles. The minimum atomic E-state index is -0.117. The van der Waals surface area contributed by atoms with E-state index in [2.05, 4.69) is 35.8 Å². The number of amides is 1. The van der Waals surface area contributed by atoms with Crippen LogP contribution in [0.25, 0.3) is 5.52 Å². The molecule has 3 aromatic heterocycles. The number of nitrogens with zero attached hydrogens (tertiary/aromatic N) is 6. The summed E-state index contributed by atoms with van der Waals surface area (Å²) in [6.07, 6.45) is 1.84. The van der Waals surface area contributed by atoms with Gasteiger partial charge in [-0.3, -0.25) is 4.79 Å². The van der Waals surface area contributed by atoms with Crippen molar-refractivity contribution in [1.82, 2.24) is 29.3 Å². The molecule has 23 heavy (non-hydrogen) atoms. The van der Waals surface area contributed by atoms with Crippen molar-refractivity contribution in [3.8, 4) is 0 Å². The zero-order chi connectivity index (χ0) is 16.1. The first-order valence-corrected chi connectivity index (χ1v) is 8.19. The first-order valence-electron chi connectivity index (χ1n) is 7.40. The van der Waals surface area contributed by atoms with Gasteiger partial charge in [0.2, 0.25) is 0 Å². The second-order valence-corrected chi connectivity index (χ2v) is 6.59. The van der Waals surface area contributed by atoms with Gasteiger partial charge in [-0.1, -0.05) is 0 Å². The number of pyridine rings is 1. The van der Waals surface area contributed by atoms with E-state index in [4.69, 9.17) is 0 Å². The summed E-state index contributed by atoms with van der Waals surface area (Å²) in [6.45, 7) is 5.25. The molecule has 0 fully saturated rings. The maximum absolute atomic E-state index is 12.9. The lowest BCUT2D eigenvalue weighted by atomic mass is 10.2. The number of carbonyl (C=O) groups is 1. The molecule has 0 radical (unpaired) electrons. The second-order valence-electron chi connectivity index (χ2n) is 5.68. The van der Waals surface area contributed by atoms with Crippen LogP contribution in [0.5, 0.6) is 0 Å². The Labute approximate surface area is 141 Å². The van der Waals surface area contributed by atoms with E-state index in [1.54, 1.807) is 9.42 Å². The molecule has 3 aromatic rings. The van der Waals surface area contributed by atoms with E-state index in [9.17, 15) is 4.79 Å². The Bertz CT molecular complexity index is 914. The fraction of sp³-hybridized carbons (Fsp3) is 0.333. The van der Waals surface area contributed by atoms with Gasteiger partial charge in [0, 0.05) is 23.8 Å². The lowest BCUT2D eigenvalue weighted by Gasteiger charge is -2.33. The van der Waals surface area contributed by atoms with E-state index in [1.165, 1.54) is 0 Å². The average molecular weight is 375 g/mol. The molecule has 8 heteroatoms. The van der Waals surface area contributed by atoms with Crippen LogP contribution in [0.2, 0.25) is 0 Å². The molecule has 1 unspecified atom stereocenters. The van der Waals surface area contributed by atoms with Crippen LogP contribution in [0, 0.1) is 6.92 Å². The van der Waals surface area contributed by atoms with E-state index in [-0.39, 0.29) is 11.9 Å². The predicted molar refractivity (Wildman–Crippen MR) is 87.1 cm³/mol. The molecule has 0 bridgehead atoms. The molecule has 0 N–H and O–H groups in total. The van der Waals surface area contributed by atoms with Gasteiger partial charge in [0.15, 0.2) is 11.5 Å². The summed E-state index contributed by atoms with van der Waals surface area (Å²) >= 11 is 3.41. The van der Waals surface area contributed by atoms with Gasteiger partial charge in [-0.2, -0.15) is 5.10 Å². The largest absolute Gasteiger partial charge is 0.325 e. The summed E-state index contributed by atoms with van der Waals surface area (Å²) < 4.78 is 4.69. The third-order valence-corrected chi connectivity index (χ3v) is 4.74. The standard InChI is InChI=1S/C15H15BrN6O/c1-9-14-18-17-10(2)21(14)6-5-20(9)15(23)13-7-12-4-3-11(16)8-22(12)19-13/h3-4,7-9H,5-6H2,1-2H3. The summed E-state index contributed by atoms with van der Waals surface area (Å²) in [7, 11) is 0. The van der Waals surface area contributed by atoms with E-state index in [1.807, 2.05) is 38.2 Å². The number of halogens is 1. The van der Waals surface area contributed by atoms with E-state index < -0.39 is 0 Å². The van der Waals surface area contributed by atoms with Crippen molar-refractivity contribution in [1.29, 1.82) is 0 Å². The van der Waals surface area contributed by atoms with E-state index in [0.29, 0.717) is 18.8 Å². The fourth-order valence-corrected chi connectivity index (χ4v) is 3.34. The lowest BCUT2D eigenvalue weighted by Crippen LogP contribution is -2.41. The van der Waals surface area contributed by atoms with Gasteiger partial charge in [-0.05, 0) is 48.0 Å². The molecule has 118 valence electrons. The van der Waals surface area contributed by atoms with Crippen molar-refractivity contribution in [2.75, 3.05) is 6.54 Å². The van der Waals surface area contributed by atoms with Crippen LogP contribution in [0.1, 0.15) is 35.1 Å². The summed E-state index contributed by atoms with van der Waals surface area (Å²) in [5, 5.41) is 12.7. The van der Waals surface area contributed by atoms with Crippen molar-refractivity contribution < 1.29 is 4.79 Å². The monoisotopic (exact) mass is 374 g/mol. The fourth-order valence-electron chi connectivity index (χ4n) is 3.01. The summed E-state index contributed by atoms with van der Waals surface area (Å²) in [5.74, 6) is 1.63. The van der Waals surface area contributed by atoms with Crippen LogP contribution in [-0.4, -0.2) is 41.7 Å². The number of hydrogen-bond donors (Lipinski definition) is 0. The maximum Gasteiger partial charge on any atom is 0.275 e. The SMILES string of the molecule is Cc1nnc2n1CCN(C(=O)c1cc3ccc(Br)cn3n1)C2C. The number of rotatable bonds is 1. The maximum atomic E-state index is 12.9. The number of carbonyl (C=O) groups excluding carboxylic acids is 1. The van der Waals surface area contributed by atoms with Gasteiger partial charge in [-0.15, -0.1) is 10.2 Å². The molecule has 1 atom stereocenters. The van der Waals surface area contributed by atoms with Crippen LogP contribution in [0.4, 0.5) is 0 Å². The van der Waals surface area contributed by atoms with E-state index >= 15 is 0 Å². The Balaban J connectivity index is 1.68. The van der Waals surface area contributed by atoms with Gasteiger partial charge in [0.25, 0.3) is 5.91 Å². The molecule has 1 amide bonds. The highest BCUT2D eigenvalue weighted by atomic mass is 79.9. The Hall–Kier alpha value is -2.22. The number of hydrogen-bond acceptors (Lipinski definition) is 4. The molecule has 7 nitrogen and oxygen atoms in total. The van der Waals surface area contributed by atoms with Crippen molar-refractivity contribution in [2.45, 2.75) is 26.4 Å². The first kappa shape index (κ1) is 14.4. The summed E-state index contributed by atoms with van der Waals surface area (Å²) in [5.41, 5.74) is 1.33. The normalized spacial score (nSPS) is 17.5. The highest BCUT2D eigenvalue weighted by molar-refractivity contribution is 9.10. The van der Waals surface area contributed by atoms with Gasteiger partial charge in [-0.25, -0.2) is 4.52 Å². The minimum absolute atomic E-state index is 0.0794. The summed E-state index contributed by atoms with van der Waals surface area (Å²) in [4.78, 5) is 14.7. The number of aryl methyl sites for hydroxylation is 1. The van der Waals surface area contributed by atoms with Crippen LogP contribution in [-0.2, 0) is 6.54 Å². The van der Waals surface area contributed by atoms with Crippen molar-refractivity contribution in [3.63, 3.8) is 0 Å². The van der Waals surface area contributed by atoms with Gasteiger partial charge in [0.1, 0.15) is 5.82 Å². The van der Waals surface area contributed by atoms with Crippen LogP contribution in [0.15, 0.2) is 28.9 Å². The zero-order valence-electron chi connectivity index (χ0n) is 12.8. The lowest BCUT2D eigenvalue weighted by molar-refractivity contribution is 0.0630. The zero-order valence-corrected chi connectivity index (χ0v) is 14.4. The van der Waals surface area contributed by atoms with E-state index in [0.717, 1.165) is 21.6 Å². The topological polar surface area (TPSA) is 68.3 Å². The molecule has 0 aliphatic carbocycles. The second kappa shape index (κ2) is 5.16. The van der Waals surface area contributed by atoms with Crippen LogP contribution < -0.4 is 0 Å². The predicted octanol–water partition coefficient (Wildman–Crippen LogP) is 2.21. The highest BCUT2D eigenvalue weighted by Crippen LogP contribution is 2.26. The molecular formula is C15H15BrN6O. The third kappa shape index (κ3) is 2.24. The van der Waals surface area contributed by atoms with Crippen molar-refractivity contribution in [2.24, 2.45) is 0 Å². The van der Waals surface area contributed by atoms with Crippen molar-refractivity contribution in [3.05, 3.63) is 46.2 Å². The van der Waals surface area contributed by atoms with Gasteiger partial charge >= 0.3 is 0 Å². The Morgan fingerprint density at radius 1 is 1.30 bits per heavy atom. The van der Waals surface area contributed by atoms with Gasteiger partial charge in [0.05, 0.1) is 11.6 Å². The van der Waals surface area contributed by atoms with Crippen LogP contribution >= 0.6 is 15.9 Å². The van der Waals surface area contributed by atoms with Crippen molar-refractivity contribution >= 4 is 27.4 Å². The first-order chi connectivity index (χ1) is 11.0. The third-order valence-electron chi connectivity index (χ3n) is 4.27. The van der Waals surface area contributed by atoms with Gasteiger partial charge < -0.3 is 9.47 Å². The summed E-state index contributed by atoms with van der Waals surface area (Å²) in [6, 6.07) is 5.55. The molecule has 4 rings (SSSR count). The molecule has 0 saturated heterocycles. The average Bonchev–Trinajstić information content (AvgIpc) is 3.11. The highest BCUT2D eigenvalue weighted by Gasteiger charge is 2.32. The smallest absolute Gasteiger partial charge is 0.275 e. The Morgan fingerprint density at radius 3 is 2.96 bits per heavy atom. The molecule has 1 aliphatic heterocycles. The molecule has 0 saturated carbocycles. The Morgan fingerprint density at radius 2 is 2.13 bits per heavy atom. The number of aromatic nitrogens is 5. The quantitative estimate of drug-likeness (QED) is 0.654. The van der Waals surface area contributed by atoms with Crippen LogP contribution in [0.3, 0.4) is 0 Å². The molecule has 4 heterocycles. The number of fused-ring (bicyclic) bond motifs is 2. The molecule has 1 aliphatic rings.